The summed E-state index contributed by atoms with van der Waals surface area (Å²) in [6, 6.07) is -3.35. The van der Waals surface area contributed by atoms with Gasteiger partial charge in [-0.2, -0.15) is 0 Å². The Hall–Kier alpha value is -1.89. The lowest BCUT2D eigenvalue weighted by Gasteiger charge is -2.52. The molecule has 7 heteroatoms. The first kappa shape index (κ1) is 32.1. The maximum Gasteiger partial charge on any atom is 0.362 e. The number of aliphatic carboxylic acids is 3. The van der Waals surface area contributed by atoms with Crippen molar-refractivity contribution in [3.05, 3.63) is 12.2 Å². The van der Waals surface area contributed by atoms with Crippen LogP contribution < -0.4 is 5.11 Å². The van der Waals surface area contributed by atoms with E-state index in [0.29, 0.717) is 25.7 Å². The third-order valence-electron chi connectivity index (χ3n) is 6.83. The van der Waals surface area contributed by atoms with Crippen LogP contribution in [0, 0.1) is 0 Å². The molecule has 0 aliphatic carbocycles. The van der Waals surface area contributed by atoms with Gasteiger partial charge in [-0.05, 0) is 51.4 Å². The van der Waals surface area contributed by atoms with E-state index in [2.05, 4.69) is 19.1 Å². The van der Waals surface area contributed by atoms with Crippen LogP contribution >= 0.6 is 0 Å². The molecule has 198 valence electrons. The van der Waals surface area contributed by atoms with Crippen molar-refractivity contribution in [3.8, 4) is 0 Å². The van der Waals surface area contributed by atoms with E-state index in [0.717, 1.165) is 25.7 Å². The Labute approximate surface area is 206 Å². The van der Waals surface area contributed by atoms with Crippen LogP contribution in [0.1, 0.15) is 118 Å². The highest BCUT2D eigenvalue weighted by Gasteiger charge is 2.54. The summed E-state index contributed by atoms with van der Waals surface area (Å²) < 4.78 is -0.449. The van der Waals surface area contributed by atoms with E-state index < -0.39 is 40.5 Å². The quantitative estimate of drug-likeness (QED) is 0.128. The minimum atomic E-state index is -1.35. The van der Waals surface area contributed by atoms with E-state index in [1.807, 2.05) is 20.8 Å². The molecule has 3 atom stereocenters. The summed E-state index contributed by atoms with van der Waals surface area (Å²) in [5.41, 5.74) is 0. The first-order valence-electron chi connectivity index (χ1n) is 13.4. The van der Waals surface area contributed by atoms with Crippen molar-refractivity contribution < 1.29 is 34.2 Å². The largest absolute Gasteiger partial charge is 0.544 e. The molecule has 34 heavy (non-hydrogen) atoms. The third-order valence-corrected chi connectivity index (χ3v) is 6.83. The fourth-order valence-corrected chi connectivity index (χ4v) is 5.21. The lowest BCUT2D eigenvalue weighted by atomic mass is 9.91. The number of carbonyl (C=O) groups excluding carboxylic acids is 1. The van der Waals surface area contributed by atoms with Gasteiger partial charge < -0.3 is 20.1 Å². The SMILES string of the molecule is CCCCC/C=C/CCCCC[N+](C(CCC)C(=O)[O-])(C(CCC)C(=O)O)C(CCC)C(=O)O. The lowest BCUT2D eigenvalue weighted by Crippen LogP contribution is -2.74. The molecule has 0 rings (SSSR count). The number of hydrogen-bond donors (Lipinski definition) is 2. The van der Waals surface area contributed by atoms with Crippen LogP contribution in [0.15, 0.2) is 12.2 Å². The van der Waals surface area contributed by atoms with Crippen LogP contribution in [0.25, 0.3) is 0 Å². The zero-order valence-corrected chi connectivity index (χ0v) is 22.0. The van der Waals surface area contributed by atoms with Crippen molar-refractivity contribution in [2.45, 2.75) is 136 Å². The summed E-state index contributed by atoms with van der Waals surface area (Å²) in [7, 11) is 0. The van der Waals surface area contributed by atoms with Crippen molar-refractivity contribution >= 4 is 17.9 Å². The fourth-order valence-electron chi connectivity index (χ4n) is 5.21. The summed E-state index contributed by atoms with van der Waals surface area (Å²) in [5.74, 6) is -3.59. The first-order chi connectivity index (χ1) is 16.2. The lowest BCUT2D eigenvalue weighted by molar-refractivity contribution is -0.975. The Morgan fingerprint density at radius 1 is 0.676 bits per heavy atom. The van der Waals surface area contributed by atoms with E-state index >= 15 is 0 Å². The van der Waals surface area contributed by atoms with E-state index in [-0.39, 0.29) is 25.8 Å². The summed E-state index contributed by atoms with van der Waals surface area (Å²) in [5, 5.41) is 32.7. The maximum absolute atomic E-state index is 12.4. The van der Waals surface area contributed by atoms with Gasteiger partial charge in [-0.1, -0.05) is 59.1 Å². The van der Waals surface area contributed by atoms with Gasteiger partial charge in [-0.25, -0.2) is 9.59 Å². The highest BCUT2D eigenvalue weighted by molar-refractivity contribution is 5.77. The number of nitrogens with zero attached hydrogens (tertiary/aromatic N) is 1. The molecule has 0 aromatic heterocycles. The zero-order valence-electron chi connectivity index (χ0n) is 22.0. The molecule has 0 aliphatic heterocycles. The molecule has 0 radical (unpaired) electrons. The monoisotopic (exact) mass is 483 g/mol. The molecule has 0 fully saturated rings. The van der Waals surface area contributed by atoms with Gasteiger partial charge >= 0.3 is 11.9 Å². The summed E-state index contributed by atoms with van der Waals surface area (Å²) >= 11 is 0. The van der Waals surface area contributed by atoms with Gasteiger partial charge in [0.05, 0.1) is 12.5 Å². The van der Waals surface area contributed by atoms with Gasteiger partial charge in [-0.15, -0.1) is 0 Å². The van der Waals surface area contributed by atoms with Crippen molar-refractivity contribution in [3.63, 3.8) is 0 Å². The Morgan fingerprint density at radius 2 is 1.12 bits per heavy atom. The van der Waals surface area contributed by atoms with Crippen LogP contribution in [0.2, 0.25) is 0 Å². The van der Waals surface area contributed by atoms with Crippen molar-refractivity contribution in [2.24, 2.45) is 0 Å². The Morgan fingerprint density at radius 3 is 1.50 bits per heavy atom. The number of carboxylic acids is 3. The van der Waals surface area contributed by atoms with Gasteiger partial charge in [0.15, 0.2) is 12.1 Å². The molecule has 0 heterocycles. The van der Waals surface area contributed by atoms with Crippen LogP contribution in [0.5, 0.6) is 0 Å². The van der Waals surface area contributed by atoms with Gasteiger partial charge in [0.2, 0.25) is 0 Å². The highest BCUT2D eigenvalue weighted by atomic mass is 16.4. The molecule has 0 saturated heterocycles. The number of carbonyl (C=O) groups is 3. The standard InChI is InChI=1S/C27H49NO6/c1-5-9-10-11-12-13-14-15-16-17-21-28(22(18-6-2)25(29)30,23(19-7-3)26(31)32)24(20-8-4)27(33)34/h12-13,22-24H,5-11,14-21H2,1-4H3,(H2-,29,30,31,32,33,34)/b13-12+. The number of hydrogen-bond acceptors (Lipinski definition) is 4. The molecule has 0 bridgehead atoms. The van der Waals surface area contributed by atoms with Crippen molar-refractivity contribution in [1.82, 2.24) is 0 Å². The molecular weight excluding hydrogens is 434 g/mol. The molecule has 0 amide bonds. The number of carboxylic acid groups (broad SMARTS) is 3. The van der Waals surface area contributed by atoms with Gasteiger partial charge in [0.1, 0.15) is 6.04 Å². The normalized spacial score (nSPS) is 16.1. The third kappa shape index (κ3) is 10.2. The molecule has 0 aromatic rings. The second kappa shape index (κ2) is 18.4. The van der Waals surface area contributed by atoms with Crippen molar-refractivity contribution in [2.75, 3.05) is 6.54 Å². The molecule has 0 aromatic carbocycles. The van der Waals surface area contributed by atoms with Crippen LogP contribution in [-0.4, -0.2) is 57.3 Å². The minimum absolute atomic E-state index is 0.198. The summed E-state index contributed by atoms with van der Waals surface area (Å²) in [4.78, 5) is 37.3. The zero-order chi connectivity index (χ0) is 26.0. The Kier molecular flexibility index (Phi) is 17.4. The van der Waals surface area contributed by atoms with Crippen LogP contribution in [-0.2, 0) is 14.4 Å². The number of unbranched alkanes of at least 4 members (excludes halogenated alkanes) is 6. The fraction of sp³-hybridized carbons (Fsp3) is 0.815. The highest BCUT2D eigenvalue weighted by Crippen LogP contribution is 2.34. The topological polar surface area (TPSA) is 115 Å². The average Bonchev–Trinajstić information content (AvgIpc) is 2.78. The predicted molar refractivity (Wildman–Crippen MR) is 133 cm³/mol. The average molecular weight is 484 g/mol. The van der Waals surface area contributed by atoms with Crippen molar-refractivity contribution in [1.29, 1.82) is 0 Å². The van der Waals surface area contributed by atoms with E-state index in [1.165, 1.54) is 19.3 Å². The molecule has 2 N–H and O–H groups in total. The minimum Gasteiger partial charge on any atom is -0.544 e. The van der Waals surface area contributed by atoms with Gasteiger partial charge in [-0.3, -0.25) is 4.48 Å². The van der Waals surface area contributed by atoms with E-state index in [9.17, 15) is 29.7 Å². The number of quaternary nitrogens is 1. The van der Waals surface area contributed by atoms with E-state index in [1.54, 1.807) is 0 Å². The summed E-state index contributed by atoms with van der Waals surface area (Å²) in [6.07, 6.45) is 14.5. The van der Waals surface area contributed by atoms with Gasteiger partial charge in [0, 0.05) is 19.3 Å². The second-order valence-electron chi connectivity index (χ2n) is 9.44. The Balaban J connectivity index is 5.92. The van der Waals surface area contributed by atoms with Crippen LogP contribution in [0.4, 0.5) is 0 Å². The number of allylic oxidation sites excluding steroid dienone is 2. The molecule has 3 unspecified atom stereocenters. The maximum atomic E-state index is 12.4. The number of rotatable bonds is 22. The first-order valence-corrected chi connectivity index (χ1v) is 13.4. The molecular formula is C27H49NO6. The van der Waals surface area contributed by atoms with Gasteiger partial charge in [0.25, 0.3) is 0 Å². The summed E-state index contributed by atoms with van der Waals surface area (Å²) in [6.45, 7) is 7.93. The predicted octanol–water partition coefficient (Wildman–Crippen LogP) is 4.93. The molecule has 0 saturated carbocycles. The Bertz CT molecular complexity index is 558. The van der Waals surface area contributed by atoms with Crippen LogP contribution in [0.3, 0.4) is 0 Å². The second-order valence-corrected chi connectivity index (χ2v) is 9.44. The smallest absolute Gasteiger partial charge is 0.362 e. The molecule has 0 aliphatic rings. The van der Waals surface area contributed by atoms with E-state index in [4.69, 9.17) is 0 Å². The molecule has 7 nitrogen and oxygen atoms in total. The molecule has 0 spiro atoms.